The van der Waals surface area contributed by atoms with Crippen LogP contribution in [0.15, 0.2) is 76.7 Å². The van der Waals surface area contributed by atoms with Crippen LogP contribution in [0.4, 0.5) is 0 Å². The normalized spacial score (nSPS) is 12.6. The van der Waals surface area contributed by atoms with Crippen molar-refractivity contribution < 1.29 is 33.6 Å². The lowest BCUT2D eigenvalue weighted by atomic mass is 10.1. The lowest BCUT2D eigenvalue weighted by Gasteiger charge is -2.13. The summed E-state index contributed by atoms with van der Waals surface area (Å²) in [7, 11) is 1.57. The van der Waals surface area contributed by atoms with Gasteiger partial charge in [0.1, 0.15) is 59.9 Å². The van der Waals surface area contributed by atoms with Crippen LogP contribution in [-0.4, -0.2) is 49.9 Å². The van der Waals surface area contributed by atoms with Crippen LogP contribution in [0.25, 0.3) is 22.3 Å². The largest absolute Gasteiger partial charge is 0.497 e. The van der Waals surface area contributed by atoms with Crippen LogP contribution in [0.3, 0.4) is 0 Å². The molecule has 0 aliphatic carbocycles. The highest BCUT2D eigenvalue weighted by molar-refractivity contribution is 5.86. The van der Waals surface area contributed by atoms with Crippen molar-refractivity contribution in [1.82, 2.24) is 0 Å². The van der Waals surface area contributed by atoms with E-state index in [1.807, 2.05) is 6.08 Å². The number of aliphatic hydroxyl groups is 2. The summed E-state index contributed by atoms with van der Waals surface area (Å²) in [5, 5.41) is 18.8. The Morgan fingerprint density at radius 1 is 1.15 bits per heavy atom. The van der Waals surface area contributed by atoms with Gasteiger partial charge in [-0.05, 0) is 30.3 Å². The molecule has 1 unspecified atom stereocenters. The first-order valence-corrected chi connectivity index (χ1v) is 10.2. The van der Waals surface area contributed by atoms with Gasteiger partial charge in [-0.3, -0.25) is 4.79 Å². The third-order valence-corrected chi connectivity index (χ3v) is 4.54. The summed E-state index contributed by atoms with van der Waals surface area (Å²) in [4.78, 5) is 12.8. The molecule has 8 heteroatoms. The van der Waals surface area contributed by atoms with Gasteiger partial charge in [0.2, 0.25) is 0 Å². The number of hydrogen-bond donors (Lipinski definition) is 2. The molecule has 0 amide bonds. The van der Waals surface area contributed by atoms with Crippen molar-refractivity contribution in [2.24, 2.45) is 0 Å². The van der Waals surface area contributed by atoms with E-state index in [0.29, 0.717) is 22.8 Å². The van der Waals surface area contributed by atoms with Crippen molar-refractivity contribution in [3.05, 3.63) is 77.7 Å². The molecule has 3 aromatic rings. The van der Waals surface area contributed by atoms with Crippen LogP contribution in [-0.2, 0) is 4.74 Å². The van der Waals surface area contributed by atoms with Crippen molar-refractivity contribution in [2.45, 2.75) is 6.10 Å². The highest BCUT2D eigenvalue weighted by atomic mass is 16.5. The lowest BCUT2D eigenvalue weighted by molar-refractivity contribution is 0.0535. The van der Waals surface area contributed by atoms with Crippen LogP contribution in [0.5, 0.6) is 17.2 Å². The fourth-order valence-electron chi connectivity index (χ4n) is 2.81. The second-order valence-electron chi connectivity index (χ2n) is 6.95. The second-order valence-corrected chi connectivity index (χ2v) is 6.95. The first kappa shape index (κ1) is 23.9. The molecule has 1 atom stereocenters. The standard InChI is InChI=1S/C22H22O7.C3H4O/c1-3-8-27-20-9-17(28-13-15(24)12-23)10-21-22(20)18(25)11-19(29-21)14-4-6-16(26-2)7-5-14;1-2-4-3-1/h3-7,9-11,15,23-24H,1,8,12-13H2,2H3;1-2H,3H2. The molecule has 0 saturated carbocycles. The quantitative estimate of drug-likeness (QED) is 0.474. The van der Waals surface area contributed by atoms with Crippen molar-refractivity contribution >= 4 is 11.0 Å². The van der Waals surface area contributed by atoms with Crippen molar-refractivity contribution in [2.75, 3.05) is 33.5 Å². The molecule has 33 heavy (non-hydrogen) atoms. The van der Waals surface area contributed by atoms with E-state index in [2.05, 4.69) is 11.3 Å². The van der Waals surface area contributed by atoms with E-state index in [1.54, 1.807) is 55.8 Å². The summed E-state index contributed by atoms with van der Waals surface area (Å²) in [5.74, 6) is 1.69. The number of methoxy groups -OCH3 is 1. The first-order valence-electron chi connectivity index (χ1n) is 10.2. The van der Waals surface area contributed by atoms with Crippen molar-refractivity contribution in [3.63, 3.8) is 0 Å². The third-order valence-electron chi connectivity index (χ3n) is 4.54. The Kier molecular flexibility index (Phi) is 8.51. The minimum absolute atomic E-state index is 0.120. The van der Waals surface area contributed by atoms with Crippen LogP contribution in [0.1, 0.15) is 0 Å². The average molecular weight is 454 g/mol. The first-order chi connectivity index (χ1) is 16.0. The Morgan fingerprint density at radius 2 is 1.85 bits per heavy atom. The van der Waals surface area contributed by atoms with Crippen LogP contribution >= 0.6 is 0 Å². The lowest BCUT2D eigenvalue weighted by Crippen LogP contribution is -2.21. The van der Waals surface area contributed by atoms with Gasteiger partial charge < -0.3 is 33.6 Å². The smallest absolute Gasteiger partial charge is 0.197 e. The van der Waals surface area contributed by atoms with Crippen molar-refractivity contribution in [3.8, 4) is 28.6 Å². The molecule has 8 nitrogen and oxygen atoms in total. The number of aliphatic hydroxyl groups excluding tert-OH is 2. The van der Waals surface area contributed by atoms with Gasteiger partial charge in [-0.2, -0.15) is 0 Å². The van der Waals surface area contributed by atoms with E-state index in [4.69, 9.17) is 23.7 Å². The maximum Gasteiger partial charge on any atom is 0.197 e. The van der Waals surface area contributed by atoms with Gasteiger partial charge in [0, 0.05) is 23.8 Å². The van der Waals surface area contributed by atoms with E-state index < -0.39 is 12.7 Å². The molecular weight excluding hydrogens is 428 g/mol. The summed E-state index contributed by atoms with van der Waals surface area (Å²) in [6, 6.07) is 11.6. The van der Waals surface area contributed by atoms with E-state index in [-0.39, 0.29) is 35.4 Å². The van der Waals surface area contributed by atoms with E-state index in [0.717, 1.165) is 6.61 Å². The highest BCUT2D eigenvalue weighted by Crippen LogP contribution is 2.32. The molecule has 1 aromatic heterocycles. The van der Waals surface area contributed by atoms with Gasteiger partial charge >= 0.3 is 0 Å². The van der Waals surface area contributed by atoms with Gasteiger partial charge in [-0.25, -0.2) is 0 Å². The molecule has 1 aliphatic rings. The maximum atomic E-state index is 12.8. The average Bonchev–Trinajstić information content (AvgIpc) is 2.79. The molecule has 0 radical (unpaired) electrons. The Hall–Kier alpha value is -3.75. The number of ether oxygens (including phenoxy) is 4. The predicted molar refractivity (Wildman–Crippen MR) is 124 cm³/mol. The van der Waals surface area contributed by atoms with Gasteiger partial charge in [-0.15, -0.1) is 0 Å². The minimum atomic E-state index is -1.03. The Labute approximate surface area is 190 Å². The molecule has 1 aliphatic heterocycles. The summed E-state index contributed by atoms with van der Waals surface area (Å²) in [6.07, 6.45) is 4.17. The molecule has 0 saturated heterocycles. The molecule has 0 spiro atoms. The Balaban J connectivity index is 0.000000690. The molecule has 0 bridgehead atoms. The van der Waals surface area contributed by atoms with Gasteiger partial charge in [0.15, 0.2) is 5.43 Å². The molecule has 0 fully saturated rings. The van der Waals surface area contributed by atoms with E-state index >= 15 is 0 Å². The van der Waals surface area contributed by atoms with Crippen LogP contribution < -0.4 is 19.6 Å². The second kappa shape index (κ2) is 11.8. The van der Waals surface area contributed by atoms with Crippen LogP contribution in [0.2, 0.25) is 0 Å². The van der Waals surface area contributed by atoms with Gasteiger partial charge in [0.25, 0.3) is 0 Å². The summed E-state index contributed by atoms with van der Waals surface area (Å²) < 4.78 is 26.8. The third kappa shape index (κ3) is 6.38. The fourth-order valence-corrected chi connectivity index (χ4v) is 2.81. The predicted octanol–water partition coefficient (Wildman–Crippen LogP) is 3.30. The highest BCUT2D eigenvalue weighted by Gasteiger charge is 2.15. The maximum absolute atomic E-state index is 12.8. The van der Waals surface area contributed by atoms with Gasteiger partial charge in [0.05, 0.1) is 20.0 Å². The zero-order chi connectivity index (χ0) is 23.6. The zero-order valence-electron chi connectivity index (χ0n) is 18.2. The van der Waals surface area contributed by atoms with Gasteiger partial charge in [-0.1, -0.05) is 12.7 Å². The number of hydrogen-bond acceptors (Lipinski definition) is 8. The topological polar surface area (TPSA) is 108 Å². The Bertz CT molecular complexity index is 1140. The Morgan fingerprint density at radius 3 is 2.42 bits per heavy atom. The van der Waals surface area contributed by atoms with E-state index in [1.165, 1.54) is 6.07 Å². The molecule has 2 heterocycles. The monoisotopic (exact) mass is 454 g/mol. The van der Waals surface area contributed by atoms with Crippen molar-refractivity contribution in [1.29, 1.82) is 0 Å². The number of benzene rings is 2. The SMILES string of the molecule is C1=COC1.C=CCOc1cc(OCC(O)CO)cc2oc(-c3ccc(OC)cc3)cc(=O)c12. The molecule has 2 N–H and O–H groups in total. The molecule has 2 aromatic carbocycles. The molecule has 4 rings (SSSR count). The molecular formula is C25H26O8. The summed E-state index contributed by atoms with van der Waals surface area (Å²) in [5.41, 5.74) is 0.719. The number of rotatable bonds is 9. The fraction of sp³-hybridized carbons (Fsp3) is 0.240. The summed E-state index contributed by atoms with van der Waals surface area (Å²) in [6.45, 7) is 4.08. The summed E-state index contributed by atoms with van der Waals surface area (Å²) >= 11 is 0. The minimum Gasteiger partial charge on any atom is -0.497 e. The zero-order valence-corrected chi connectivity index (χ0v) is 18.2. The number of fused-ring (bicyclic) bond motifs is 1. The van der Waals surface area contributed by atoms with E-state index in [9.17, 15) is 9.90 Å². The van der Waals surface area contributed by atoms with Crippen LogP contribution in [0, 0.1) is 0 Å². The molecule has 174 valence electrons.